The Morgan fingerprint density at radius 3 is 2.59 bits per heavy atom. The summed E-state index contributed by atoms with van der Waals surface area (Å²) >= 11 is 19.6. The van der Waals surface area contributed by atoms with Crippen LogP contribution in [0.2, 0.25) is 15.1 Å². The van der Waals surface area contributed by atoms with Crippen LogP contribution in [0.15, 0.2) is 71.1 Å². The fourth-order valence-electron chi connectivity index (χ4n) is 2.78. The average Bonchev–Trinajstić information content (AvgIpc) is 3.23. The van der Waals surface area contributed by atoms with E-state index in [9.17, 15) is 4.39 Å². The summed E-state index contributed by atoms with van der Waals surface area (Å²) in [7, 11) is 0. The van der Waals surface area contributed by atoms with Crippen LogP contribution in [0.4, 0.5) is 9.52 Å². The lowest BCUT2D eigenvalue weighted by atomic mass is 10.2. The standard InChI is InChI=1S/C23H15Cl3FN3OS/c24-15-6-9-17(20(26)10-15)22-13-32-23(29-22)30-28-11-14-4-7-16(8-5-14)31-12-18-19(25)2-1-3-21(18)27/h1-11,13H,12H2,(H,29,30)/b28-11-. The van der Waals surface area contributed by atoms with Crippen molar-refractivity contribution in [2.24, 2.45) is 5.10 Å². The molecule has 0 amide bonds. The predicted octanol–water partition coefficient (Wildman–Crippen LogP) is 7.93. The molecule has 4 nitrogen and oxygen atoms in total. The zero-order valence-corrected chi connectivity index (χ0v) is 19.4. The number of nitrogens with one attached hydrogen (secondary N) is 1. The summed E-state index contributed by atoms with van der Waals surface area (Å²) in [5.41, 5.74) is 5.63. The molecule has 4 rings (SSSR count). The number of aromatic nitrogens is 1. The molecule has 0 unspecified atom stereocenters. The lowest BCUT2D eigenvalue weighted by molar-refractivity contribution is 0.300. The van der Waals surface area contributed by atoms with Crippen LogP contribution in [0.3, 0.4) is 0 Å². The summed E-state index contributed by atoms with van der Waals surface area (Å²) in [6, 6.07) is 17.1. The van der Waals surface area contributed by atoms with Gasteiger partial charge in [-0.15, -0.1) is 11.3 Å². The van der Waals surface area contributed by atoms with Crippen molar-refractivity contribution in [1.29, 1.82) is 0 Å². The Morgan fingerprint density at radius 2 is 1.84 bits per heavy atom. The van der Waals surface area contributed by atoms with Crippen LogP contribution in [0.25, 0.3) is 11.3 Å². The maximum atomic E-state index is 13.8. The van der Waals surface area contributed by atoms with E-state index in [0.717, 1.165) is 16.8 Å². The van der Waals surface area contributed by atoms with Crippen molar-refractivity contribution in [3.05, 3.63) is 98.1 Å². The van der Waals surface area contributed by atoms with E-state index >= 15 is 0 Å². The number of thiazole rings is 1. The molecule has 0 radical (unpaired) electrons. The minimum atomic E-state index is -0.393. The van der Waals surface area contributed by atoms with Crippen LogP contribution in [-0.2, 0) is 6.61 Å². The first-order chi connectivity index (χ1) is 15.5. The number of nitrogens with zero attached hydrogens (tertiary/aromatic N) is 2. The molecule has 0 bridgehead atoms. The van der Waals surface area contributed by atoms with Gasteiger partial charge in [0.25, 0.3) is 0 Å². The van der Waals surface area contributed by atoms with Crippen molar-refractivity contribution in [2.75, 3.05) is 5.43 Å². The number of rotatable bonds is 7. The van der Waals surface area contributed by atoms with Gasteiger partial charge in [-0.25, -0.2) is 9.37 Å². The van der Waals surface area contributed by atoms with Gasteiger partial charge in [-0.2, -0.15) is 5.10 Å². The van der Waals surface area contributed by atoms with E-state index in [0.29, 0.717) is 31.5 Å². The summed E-state index contributed by atoms with van der Waals surface area (Å²) < 4.78 is 19.5. The van der Waals surface area contributed by atoms with E-state index in [4.69, 9.17) is 39.5 Å². The molecule has 0 aliphatic carbocycles. The monoisotopic (exact) mass is 505 g/mol. The van der Waals surface area contributed by atoms with E-state index < -0.39 is 5.82 Å². The molecule has 32 heavy (non-hydrogen) atoms. The number of ether oxygens (including phenoxy) is 1. The minimum absolute atomic E-state index is 0.0461. The maximum Gasteiger partial charge on any atom is 0.203 e. The Morgan fingerprint density at radius 1 is 1.03 bits per heavy atom. The van der Waals surface area contributed by atoms with Gasteiger partial charge in [0.05, 0.1) is 22.0 Å². The molecular formula is C23H15Cl3FN3OS. The summed E-state index contributed by atoms with van der Waals surface area (Å²) in [5, 5.41) is 8.18. The summed E-state index contributed by atoms with van der Waals surface area (Å²) in [4.78, 5) is 4.49. The molecule has 3 aromatic carbocycles. The van der Waals surface area contributed by atoms with E-state index in [-0.39, 0.29) is 6.61 Å². The lowest BCUT2D eigenvalue weighted by Crippen LogP contribution is -1.99. The van der Waals surface area contributed by atoms with Crippen molar-refractivity contribution in [3.63, 3.8) is 0 Å². The summed E-state index contributed by atoms with van der Waals surface area (Å²) in [6.07, 6.45) is 1.66. The Labute approximate surface area is 203 Å². The Hall–Kier alpha value is -2.64. The van der Waals surface area contributed by atoms with Gasteiger partial charge in [0.15, 0.2) is 0 Å². The van der Waals surface area contributed by atoms with Gasteiger partial charge in [-0.3, -0.25) is 5.43 Å². The van der Waals surface area contributed by atoms with Crippen molar-refractivity contribution >= 4 is 57.5 Å². The first-order valence-electron chi connectivity index (χ1n) is 9.35. The van der Waals surface area contributed by atoms with Crippen LogP contribution < -0.4 is 10.2 Å². The van der Waals surface area contributed by atoms with Gasteiger partial charge in [0, 0.05) is 21.5 Å². The average molecular weight is 507 g/mol. The predicted molar refractivity (Wildman–Crippen MR) is 131 cm³/mol. The molecule has 0 aliphatic rings. The van der Waals surface area contributed by atoms with Crippen molar-refractivity contribution in [2.45, 2.75) is 6.61 Å². The SMILES string of the molecule is Fc1cccc(Cl)c1COc1ccc(/C=N\Nc2nc(-c3ccc(Cl)cc3Cl)cs2)cc1. The van der Waals surface area contributed by atoms with E-state index in [1.807, 2.05) is 23.6 Å². The smallest absolute Gasteiger partial charge is 0.203 e. The second-order valence-corrected chi connectivity index (χ2v) is 8.70. The van der Waals surface area contributed by atoms with Crippen molar-refractivity contribution in [3.8, 4) is 17.0 Å². The normalized spacial score (nSPS) is 11.1. The molecule has 0 saturated carbocycles. The van der Waals surface area contributed by atoms with Crippen molar-refractivity contribution < 1.29 is 9.13 Å². The van der Waals surface area contributed by atoms with Crippen LogP contribution >= 0.6 is 46.1 Å². The molecule has 0 saturated heterocycles. The highest BCUT2D eigenvalue weighted by molar-refractivity contribution is 7.14. The lowest BCUT2D eigenvalue weighted by Gasteiger charge is -2.08. The van der Waals surface area contributed by atoms with Crippen molar-refractivity contribution in [1.82, 2.24) is 4.98 Å². The largest absolute Gasteiger partial charge is 0.489 e. The van der Waals surface area contributed by atoms with Crippen LogP contribution in [0, 0.1) is 5.82 Å². The highest BCUT2D eigenvalue weighted by atomic mass is 35.5. The number of hydrogen-bond donors (Lipinski definition) is 1. The first-order valence-corrected chi connectivity index (χ1v) is 11.4. The van der Waals surface area contributed by atoms with Gasteiger partial charge in [0.1, 0.15) is 18.2 Å². The van der Waals surface area contributed by atoms with Gasteiger partial charge < -0.3 is 4.74 Å². The Balaban J connectivity index is 1.34. The molecule has 1 heterocycles. The molecule has 4 aromatic rings. The van der Waals surface area contributed by atoms with E-state index in [2.05, 4.69) is 15.5 Å². The molecule has 162 valence electrons. The molecule has 0 atom stereocenters. The third kappa shape index (κ3) is 5.58. The third-order valence-corrected chi connectivity index (χ3v) is 6.06. The van der Waals surface area contributed by atoms with Gasteiger partial charge >= 0.3 is 0 Å². The fourth-order valence-corrected chi connectivity index (χ4v) is 4.17. The number of anilines is 1. The van der Waals surface area contributed by atoms with Gasteiger partial charge in [-0.1, -0.05) is 40.9 Å². The molecule has 9 heteroatoms. The summed E-state index contributed by atoms with van der Waals surface area (Å²) in [6.45, 7) is 0.0461. The number of hydrogen-bond acceptors (Lipinski definition) is 5. The molecule has 0 spiro atoms. The minimum Gasteiger partial charge on any atom is -0.489 e. The van der Waals surface area contributed by atoms with Crippen LogP contribution in [0.1, 0.15) is 11.1 Å². The quantitative estimate of drug-likeness (QED) is 0.204. The zero-order valence-electron chi connectivity index (χ0n) is 16.4. The number of halogens is 4. The summed E-state index contributed by atoms with van der Waals surface area (Å²) in [5.74, 6) is 0.204. The number of hydrazone groups is 1. The zero-order chi connectivity index (χ0) is 22.5. The van der Waals surface area contributed by atoms with E-state index in [1.165, 1.54) is 17.4 Å². The van der Waals surface area contributed by atoms with E-state index in [1.54, 1.807) is 42.6 Å². The van der Waals surface area contributed by atoms with Crippen LogP contribution in [-0.4, -0.2) is 11.2 Å². The van der Waals surface area contributed by atoms with Crippen LogP contribution in [0.5, 0.6) is 5.75 Å². The van der Waals surface area contributed by atoms with Gasteiger partial charge in [-0.05, 0) is 60.2 Å². The second-order valence-electron chi connectivity index (χ2n) is 6.59. The van der Waals surface area contributed by atoms with Gasteiger partial charge in [0.2, 0.25) is 5.13 Å². The first kappa shape index (κ1) is 22.6. The Bertz CT molecular complexity index is 1240. The topological polar surface area (TPSA) is 46.5 Å². The second kappa shape index (κ2) is 10.3. The molecular weight excluding hydrogens is 492 g/mol. The molecule has 0 aliphatic heterocycles. The molecule has 1 aromatic heterocycles. The third-order valence-electron chi connectivity index (χ3n) is 4.41. The number of benzene rings is 3. The molecule has 0 fully saturated rings. The maximum absolute atomic E-state index is 13.8. The highest BCUT2D eigenvalue weighted by Crippen LogP contribution is 2.32. The molecule has 1 N–H and O–H groups in total. The highest BCUT2D eigenvalue weighted by Gasteiger charge is 2.09. The Kier molecular flexibility index (Phi) is 7.27. The fraction of sp³-hybridized carbons (Fsp3) is 0.0435.